The molecule has 6 nitrogen and oxygen atoms in total. The molecule has 6 heteroatoms. The zero-order valence-electron chi connectivity index (χ0n) is 17.3. The maximum absolute atomic E-state index is 12.8. The van der Waals surface area contributed by atoms with E-state index in [1.807, 2.05) is 44.2 Å². The molecule has 2 heterocycles. The summed E-state index contributed by atoms with van der Waals surface area (Å²) in [6.45, 7) is 9.14. The van der Waals surface area contributed by atoms with Gasteiger partial charge in [-0.15, -0.1) is 0 Å². The molecule has 1 atom stereocenters. The van der Waals surface area contributed by atoms with Crippen molar-refractivity contribution in [3.8, 4) is 0 Å². The minimum Gasteiger partial charge on any atom is -0.361 e. The largest absolute Gasteiger partial charge is 0.361 e. The van der Waals surface area contributed by atoms with Crippen LogP contribution in [0.4, 0.5) is 5.69 Å². The summed E-state index contributed by atoms with van der Waals surface area (Å²) < 4.78 is 5.30. The molecule has 0 radical (unpaired) electrons. The first-order valence-electron chi connectivity index (χ1n) is 9.87. The van der Waals surface area contributed by atoms with E-state index >= 15 is 0 Å². The molecular weight excluding hydrogens is 354 g/mol. The number of aromatic nitrogens is 1. The molecular formula is C22H29N3O3. The van der Waals surface area contributed by atoms with Crippen molar-refractivity contribution in [3.63, 3.8) is 0 Å². The van der Waals surface area contributed by atoms with Gasteiger partial charge in [0.1, 0.15) is 11.5 Å². The fourth-order valence-corrected chi connectivity index (χ4v) is 3.47. The van der Waals surface area contributed by atoms with Gasteiger partial charge in [0, 0.05) is 37.7 Å². The fourth-order valence-electron chi connectivity index (χ4n) is 3.47. The van der Waals surface area contributed by atoms with Crippen LogP contribution in [0.3, 0.4) is 0 Å². The fraction of sp³-hybridized carbons (Fsp3) is 0.500. The summed E-state index contributed by atoms with van der Waals surface area (Å²) in [6.07, 6.45) is 0.241. The van der Waals surface area contributed by atoms with Crippen LogP contribution in [0, 0.1) is 5.92 Å². The SMILES string of the molecule is CC(C)c1ccc(N2C[C@H](C(=O)N(C)Cc3cc(C(C)C)on3)CC2=O)cc1. The molecule has 0 aliphatic carbocycles. The predicted molar refractivity (Wildman–Crippen MR) is 108 cm³/mol. The van der Waals surface area contributed by atoms with Crippen molar-refractivity contribution in [2.24, 2.45) is 5.92 Å². The molecule has 0 bridgehead atoms. The van der Waals surface area contributed by atoms with Crippen LogP contribution < -0.4 is 4.90 Å². The van der Waals surface area contributed by atoms with E-state index in [1.165, 1.54) is 5.56 Å². The van der Waals surface area contributed by atoms with E-state index < -0.39 is 0 Å². The molecule has 28 heavy (non-hydrogen) atoms. The molecule has 0 N–H and O–H groups in total. The molecule has 1 fully saturated rings. The molecule has 1 saturated heterocycles. The highest BCUT2D eigenvalue weighted by molar-refractivity contribution is 6.00. The van der Waals surface area contributed by atoms with Gasteiger partial charge in [-0.1, -0.05) is 45.0 Å². The van der Waals surface area contributed by atoms with Gasteiger partial charge in [-0.05, 0) is 23.6 Å². The molecule has 150 valence electrons. The lowest BCUT2D eigenvalue weighted by molar-refractivity contribution is -0.135. The van der Waals surface area contributed by atoms with Crippen LogP contribution in [0.5, 0.6) is 0 Å². The highest BCUT2D eigenvalue weighted by Gasteiger charge is 2.36. The van der Waals surface area contributed by atoms with Crippen molar-refractivity contribution < 1.29 is 14.1 Å². The number of carbonyl (C=O) groups is 2. The second-order valence-electron chi connectivity index (χ2n) is 8.22. The number of hydrogen-bond acceptors (Lipinski definition) is 4. The average molecular weight is 383 g/mol. The van der Waals surface area contributed by atoms with E-state index in [0.717, 1.165) is 17.1 Å². The number of hydrogen-bond donors (Lipinski definition) is 0. The Morgan fingerprint density at radius 3 is 2.46 bits per heavy atom. The van der Waals surface area contributed by atoms with Gasteiger partial charge in [-0.2, -0.15) is 0 Å². The first kappa shape index (κ1) is 20.1. The first-order valence-corrected chi connectivity index (χ1v) is 9.87. The van der Waals surface area contributed by atoms with Gasteiger partial charge >= 0.3 is 0 Å². The minimum absolute atomic E-state index is 0.00687. The van der Waals surface area contributed by atoms with Crippen molar-refractivity contribution in [1.82, 2.24) is 10.1 Å². The van der Waals surface area contributed by atoms with Crippen LogP contribution in [0.1, 0.15) is 63.0 Å². The van der Waals surface area contributed by atoms with Crippen LogP contribution in [-0.4, -0.2) is 35.5 Å². The van der Waals surface area contributed by atoms with Gasteiger partial charge in [0.25, 0.3) is 0 Å². The Morgan fingerprint density at radius 1 is 1.21 bits per heavy atom. The standard InChI is InChI=1S/C22H29N3O3/c1-14(2)16-6-8-19(9-7-16)25-12-17(10-21(25)26)22(27)24(5)13-18-11-20(15(3)4)28-23-18/h6-9,11,14-15,17H,10,12-13H2,1-5H3/t17-/m1/s1. The van der Waals surface area contributed by atoms with Crippen molar-refractivity contribution in [3.05, 3.63) is 47.3 Å². The molecule has 1 aromatic heterocycles. The summed E-state index contributed by atoms with van der Waals surface area (Å²) in [5, 5.41) is 4.04. The van der Waals surface area contributed by atoms with E-state index in [-0.39, 0.29) is 30.1 Å². The normalized spacial score (nSPS) is 17.0. The van der Waals surface area contributed by atoms with Gasteiger partial charge in [0.15, 0.2) is 0 Å². The monoisotopic (exact) mass is 383 g/mol. The number of anilines is 1. The number of nitrogens with zero attached hydrogens (tertiary/aromatic N) is 3. The van der Waals surface area contributed by atoms with Gasteiger partial charge < -0.3 is 14.3 Å². The van der Waals surface area contributed by atoms with E-state index in [4.69, 9.17) is 4.52 Å². The van der Waals surface area contributed by atoms with Crippen LogP contribution in [-0.2, 0) is 16.1 Å². The van der Waals surface area contributed by atoms with Gasteiger partial charge in [-0.3, -0.25) is 9.59 Å². The molecule has 2 aromatic rings. The highest BCUT2D eigenvalue weighted by Crippen LogP contribution is 2.28. The molecule has 0 spiro atoms. The Balaban J connectivity index is 1.63. The summed E-state index contributed by atoms with van der Waals surface area (Å²) >= 11 is 0. The van der Waals surface area contributed by atoms with E-state index in [2.05, 4.69) is 19.0 Å². The summed E-state index contributed by atoms with van der Waals surface area (Å²) in [4.78, 5) is 28.7. The van der Waals surface area contributed by atoms with Crippen molar-refractivity contribution >= 4 is 17.5 Å². The third-order valence-electron chi connectivity index (χ3n) is 5.27. The lowest BCUT2D eigenvalue weighted by atomic mass is 10.0. The summed E-state index contributed by atoms with van der Waals surface area (Å²) in [5.41, 5.74) is 2.81. The van der Waals surface area contributed by atoms with Crippen molar-refractivity contribution in [2.45, 2.75) is 52.5 Å². The van der Waals surface area contributed by atoms with Crippen LogP contribution in [0.25, 0.3) is 0 Å². The van der Waals surface area contributed by atoms with Gasteiger partial charge in [0.2, 0.25) is 11.8 Å². The second-order valence-corrected chi connectivity index (χ2v) is 8.22. The van der Waals surface area contributed by atoms with Crippen LogP contribution in [0.15, 0.2) is 34.9 Å². The molecule has 3 rings (SSSR count). The number of rotatable bonds is 6. The van der Waals surface area contributed by atoms with E-state index in [0.29, 0.717) is 19.0 Å². The predicted octanol–water partition coefficient (Wildman–Crippen LogP) is 3.93. The average Bonchev–Trinajstić information content (AvgIpc) is 3.28. The third-order valence-corrected chi connectivity index (χ3v) is 5.27. The van der Waals surface area contributed by atoms with Crippen LogP contribution in [0.2, 0.25) is 0 Å². The topological polar surface area (TPSA) is 66.7 Å². The molecule has 1 aliphatic rings. The number of amides is 2. The van der Waals surface area contributed by atoms with E-state index in [9.17, 15) is 9.59 Å². The van der Waals surface area contributed by atoms with Gasteiger partial charge in [-0.25, -0.2) is 0 Å². The molecule has 1 aliphatic heterocycles. The third kappa shape index (κ3) is 4.26. The molecule has 1 aromatic carbocycles. The zero-order valence-corrected chi connectivity index (χ0v) is 17.3. The van der Waals surface area contributed by atoms with Gasteiger partial charge in [0.05, 0.1) is 12.5 Å². The number of carbonyl (C=O) groups excluding carboxylic acids is 2. The molecule has 0 unspecified atom stereocenters. The quantitative estimate of drug-likeness (QED) is 0.758. The smallest absolute Gasteiger partial charge is 0.228 e. The zero-order chi connectivity index (χ0) is 20.4. The molecule has 2 amide bonds. The maximum Gasteiger partial charge on any atom is 0.228 e. The summed E-state index contributed by atoms with van der Waals surface area (Å²) in [5.74, 6) is 1.13. The second kappa shape index (κ2) is 8.17. The Labute approximate surface area is 166 Å². The Morgan fingerprint density at radius 2 is 1.89 bits per heavy atom. The highest BCUT2D eigenvalue weighted by atomic mass is 16.5. The molecule has 0 saturated carbocycles. The minimum atomic E-state index is -0.334. The first-order chi connectivity index (χ1) is 13.3. The summed E-state index contributed by atoms with van der Waals surface area (Å²) in [6, 6.07) is 9.91. The Bertz CT molecular complexity index is 839. The Hall–Kier alpha value is -2.63. The lowest BCUT2D eigenvalue weighted by Gasteiger charge is -2.21. The Kier molecular flexibility index (Phi) is 5.87. The number of benzene rings is 1. The lowest BCUT2D eigenvalue weighted by Crippen LogP contribution is -2.34. The van der Waals surface area contributed by atoms with E-state index in [1.54, 1.807) is 16.8 Å². The van der Waals surface area contributed by atoms with Crippen molar-refractivity contribution in [2.75, 3.05) is 18.5 Å². The maximum atomic E-state index is 12.8. The van der Waals surface area contributed by atoms with Crippen LogP contribution >= 0.6 is 0 Å². The summed E-state index contributed by atoms with van der Waals surface area (Å²) in [7, 11) is 1.75. The van der Waals surface area contributed by atoms with Crippen molar-refractivity contribution in [1.29, 1.82) is 0 Å².